The van der Waals surface area contributed by atoms with Crippen molar-refractivity contribution in [3.8, 4) is 0 Å². The van der Waals surface area contributed by atoms with Crippen LogP contribution >= 0.6 is 22.9 Å². The van der Waals surface area contributed by atoms with E-state index in [1.54, 1.807) is 13.0 Å². The van der Waals surface area contributed by atoms with Crippen molar-refractivity contribution >= 4 is 34.8 Å². The van der Waals surface area contributed by atoms with Gasteiger partial charge in [-0.15, -0.1) is 11.3 Å². The van der Waals surface area contributed by atoms with Crippen molar-refractivity contribution in [1.82, 2.24) is 15.0 Å². The first-order valence-electron chi connectivity index (χ1n) is 4.80. The van der Waals surface area contributed by atoms with E-state index in [1.165, 1.54) is 17.5 Å². The van der Waals surface area contributed by atoms with Gasteiger partial charge in [0, 0.05) is 6.20 Å². The molecule has 0 saturated heterocycles. The summed E-state index contributed by atoms with van der Waals surface area (Å²) in [6.45, 7) is 3.64. The Morgan fingerprint density at radius 3 is 2.76 bits per heavy atom. The van der Waals surface area contributed by atoms with Crippen LogP contribution < -0.4 is 5.32 Å². The highest BCUT2D eigenvalue weighted by molar-refractivity contribution is 7.13. The fourth-order valence-corrected chi connectivity index (χ4v) is 2.25. The molecule has 88 valence electrons. The summed E-state index contributed by atoms with van der Waals surface area (Å²) >= 11 is 7.03. The number of hydrogen-bond acceptors (Lipinski definition) is 5. The maximum atomic E-state index is 11.9. The molecule has 0 bridgehead atoms. The number of hydrogen-bond donors (Lipinski definition) is 1. The van der Waals surface area contributed by atoms with Crippen molar-refractivity contribution in [1.29, 1.82) is 0 Å². The van der Waals surface area contributed by atoms with E-state index in [0.717, 1.165) is 5.01 Å². The van der Waals surface area contributed by atoms with Crippen molar-refractivity contribution in [2.45, 2.75) is 13.8 Å². The first kappa shape index (κ1) is 11.9. The number of nitrogens with zero attached hydrogens (tertiary/aromatic N) is 3. The molecule has 5 nitrogen and oxygen atoms in total. The molecule has 1 amide bonds. The third-order valence-electron chi connectivity index (χ3n) is 1.96. The van der Waals surface area contributed by atoms with Gasteiger partial charge in [-0.3, -0.25) is 10.1 Å². The second-order valence-electron chi connectivity index (χ2n) is 3.30. The summed E-state index contributed by atoms with van der Waals surface area (Å²) < 4.78 is 0. The number of nitrogens with one attached hydrogen (secondary N) is 1. The fraction of sp³-hybridized carbons (Fsp3) is 0.200. The SMILES string of the molecule is Cc1nc(C)c(C(=O)Nc2nccc(Cl)n2)s1. The van der Waals surface area contributed by atoms with Crippen molar-refractivity contribution in [2.24, 2.45) is 0 Å². The summed E-state index contributed by atoms with van der Waals surface area (Å²) in [4.78, 5) is 24.4. The minimum atomic E-state index is -0.268. The van der Waals surface area contributed by atoms with E-state index in [2.05, 4.69) is 20.3 Å². The molecule has 0 fully saturated rings. The van der Waals surface area contributed by atoms with E-state index in [-0.39, 0.29) is 17.0 Å². The van der Waals surface area contributed by atoms with Crippen LogP contribution in [0.4, 0.5) is 5.95 Å². The molecule has 17 heavy (non-hydrogen) atoms. The lowest BCUT2D eigenvalue weighted by Crippen LogP contribution is -2.13. The maximum Gasteiger partial charge on any atom is 0.270 e. The number of thiazole rings is 1. The fourth-order valence-electron chi connectivity index (χ4n) is 1.30. The van der Waals surface area contributed by atoms with Crippen LogP contribution in [0, 0.1) is 13.8 Å². The van der Waals surface area contributed by atoms with Gasteiger partial charge in [-0.1, -0.05) is 11.6 Å². The largest absolute Gasteiger partial charge is 0.290 e. The molecule has 0 aliphatic heterocycles. The van der Waals surface area contributed by atoms with Crippen molar-refractivity contribution in [3.05, 3.63) is 33.0 Å². The summed E-state index contributed by atoms with van der Waals surface area (Å²) in [7, 11) is 0. The van der Waals surface area contributed by atoms with E-state index >= 15 is 0 Å². The van der Waals surface area contributed by atoms with Gasteiger partial charge in [0.15, 0.2) is 0 Å². The average Bonchev–Trinajstić information content (AvgIpc) is 2.58. The summed E-state index contributed by atoms with van der Waals surface area (Å²) in [6, 6.07) is 1.54. The van der Waals surface area contributed by atoms with E-state index in [0.29, 0.717) is 10.6 Å². The number of amides is 1. The molecule has 0 unspecified atom stereocenters. The van der Waals surface area contributed by atoms with Crippen LogP contribution in [0.2, 0.25) is 5.15 Å². The quantitative estimate of drug-likeness (QED) is 0.850. The van der Waals surface area contributed by atoms with Gasteiger partial charge in [0.25, 0.3) is 5.91 Å². The minimum Gasteiger partial charge on any atom is -0.290 e. The third-order valence-corrected chi connectivity index (χ3v) is 3.24. The smallest absolute Gasteiger partial charge is 0.270 e. The number of anilines is 1. The number of carbonyl (C=O) groups excluding carboxylic acids is 1. The molecule has 0 aliphatic carbocycles. The molecule has 2 rings (SSSR count). The molecular formula is C10H9ClN4OS. The average molecular weight is 269 g/mol. The normalized spacial score (nSPS) is 10.3. The Labute approximate surface area is 107 Å². The number of halogens is 1. The highest BCUT2D eigenvalue weighted by Gasteiger charge is 2.14. The number of aryl methyl sites for hydroxylation is 2. The van der Waals surface area contributed by atoms with Crippen LogP contribution in [0.5, 0.6) is 0 Å². The molecule has 2 aromatic heterocycles. The van der Waals surface area contributed by atoms with Gasteiger partial charge in [0.2, 0.25) is 5.95 Å². The number of aromatic nitrogens is 3. The summed E-state index contributed by atoms with van der Waals surface area (Å²) in [5, 5.41) is 3.71. The van der Waals surface area contributed by atoms with Gasteiger partial charge >= 0.3 is 0 Å². The van der Waals surface area contributed by atoms with Gasteiger partial charge in [0.05, 0.1) is 10.7 Å². The van der Waals surface area contributed by atoms with Crippen molar-refractivity contribution in [3.63, 3.8) is 0 Å². The monoisotopic (exact) mass is 268 g/mol. The van der Waals surface area contributed by atoms with Crippen LogP contribution in [0.15, 0.2) is 12.3 Å². The van der Waals surface area contributed by atoms with E-state index in [9.17, 15) is 4.79 Å². The Balaban J connectivity index is 2.20. The lowest BCUT2D eigenvalue weighted by molar-refractivity contribution is 0.102. The Hall–Kier alpha value is -1.53. The van der Waals surface area contributed by atoms with Gasteiger partial charge in [-0.05, 0) is 19.9 Å². The van der Waals surface area contributed by atoms with E-state index < -0.39 is 0 Å². The molecule has 0 atom stereocenters. The van der Waals surface area contributed by atoms with Crippen LogP contribution in [-0.2, 0) is 0 Å². The topological polar surface area (TPSA) is 67.8 Å². The minimum absolute atomic E-state index is 0.188. The standard InChI is InChI=1S/C10H9ClN4OS/c1-5-8(17-6(2)13-5)9(16)15-10-12-4-3-7(11)14-10/h3-4H,1-2H3,(H,12,14,15,16). The van der Waals surface area contributed by atoms with Gasteiger partial charge in [0.1, 0.15) is 10.0 Å². The van der Waals surface area contributed by atoms with Gasteiger partial charge < -0.3 is 0 Å². The lowest BCUT2D eigenvalue weighted by Gasteiger charge is -2.01. The Kier molecular flexibility index (Phi) is 3.35. The first-order chi connectivity index (χ1) is 8.06. The Morgan fingerprint density at radius 1 is 1.41 bits per heavy atom. The van der Waals surface area contributed by atoms with Gasteiger partial charge in [-0.25, -0.2) is 15.0 Å². The van der Waals surface area contributed by atoms with E-state index in [4.69, 9.17) is 11.6 Å². The summed E-state index contributed by atoms with van der Waals surface area (Å²) in [6.07, 6.45) is 1.48. The van der Waals surface area contributed by atoms with Crippen LogP contribution in [-0.4, -0.2) is 20.9 Å². The second kappa shape index (κ2) is 4.77. The molecule has 0 aromatic carbocycles. The first-order valence-corrected chi connectivity index (χ1v) is 5.99. The highest BCUT2D eigenvalue weighted by atomic mass is 35.5. The molecular weight excluding hydrogens is 260 g/mol. The highest BCUT2D eigenvalue weighted by Crippen LogP contribution is 2.18. The molecule has 0 spiro atoms. The zero-order chi connectivity index (χ0) is 12.4. The molecule has 2 aromatic rings. The molecule has 7 heteroatoms. The number of rotatable bonds is 2. The number of carbonyl (C=O) groups is 1. The lowest BCUT2D eigenvalue weighted by atomic mass is 10.4. The summed E-state index contributed by atoms with van der Waals surface area (Å²) in [5.41, 5.74) is 0.701. The van der Waals surface area contributed by atoms with Crippen LogP contribution in [0.3, 0.4) is 0 Å². The molecule has 0 radical (unpaired) electrons. The molecule has 0 aliphatic rings. The second-order valence-corrected chi connectivity index (χ2v) is 4.89. The van der Waals surface area contributed by atoms with Gasteiger partial charge in [-0.2, -0.15) is 0 Å². The predicted molar refractivity (Wildman–Crippen MR) is 66.6 cm³/mol. The van der Waals surface area contributed by atoms with Crippen LogP contribution in [0.25, 0.3) is 0 Å². The Morgan fingerprint density at radius 2 is 2.18 bits per heavy atom. The molecule has 2 heterocycles. The summed E-state index contributed by atoms with van der Waals surface area (Å²) in [5.74, 6) is -0.0803. The van der Waals surface area contributed by atoms with E-state index in [1.807, 2.05) is 6.92 Å². The van der Waals surface area contributed by atoms with Crippen molar-refractivity contribution < 1.29 is 4.79 Å². The molecule has 0 saturated carbocycles. The maximum absolute atomic E-state index is 11.9. The third kappa shape index (κ3) is 2.78. The Bertz CT molecular complexity index is 569. The van der Waals surface area contributed by atoms with Crippen LogP contribution in [0.1, 0.15) is 20.4 Å². The molecule has 1 N–H and O–H groups in total. The van der Waals surface area contributed by atoms with Crippen molar-refractivity contribution in [2.75, 3.05) is 5.32 Å². The zero-order valence-corrected chi connectivity index (χ0v) is 10.8. The predicted octanol–water partition coefficient (Wildman–Crippen LogP) is 2.46. The zero-order valence-electron chi connectivity index (χ0n) is 9.19.